The molecule has 8 N–H and O–H groups in total. The second-order valence-corrected chi connectivity index (χ2v) is 18.3. The number of nitrogens with one attached hydrogen (secondary N) is 4. The van der Waals surface area contributed by atoms with E-state index in [4.69, 9.17) is 58.3 Å². The highest BCUT2D eigenvalue weighted by Crippen LogP contribution is 2.52. The first-order valence-electron chi connectivity index (χ1n) is 18.6. The van der Waals surface area contributed by atoms with E-state index in [2.05, 4.69) is 112 Å². The van der Waals surface area contributed by atoms with Crippen LogP contribution in [0.4, 0.5) is 0 Å². The van der Waals surface area contributed by atoms with Gasteiger partial charge in [0.25, 0.3) is 23.6 Å². The molecule has 0 fully saturated rings. The lowest BCUT2D eigenvalue weighted by molar-refractivity contribution is -0.124. The largest absolute Gasteiger partial charge is 0.481 e. The number of ether oxygens (including phenoxy) is 8. The van der Waals surface area contributed by atoms with Crippen LogP contribution in [0.15, 0.2) is 0 Å². The zero-order valence-electron chi connectivity index (χ0n) is 33.1. The highest BCUT2D eigenvalue weighted by molar-refractivity contribution is 14.1. The van der Waals surface area contributed by atoms with Gasteiger partial charge >= 0.3 is 0 Å². The van der Waals surface area contributed by atoms with Crippen LogP contribution in [0.5, 0.6) is 23.0 Å². The van der Waals surface area contributed by atoms with Gasteiger partial charge in [0.15, 0.2) is 49.4 Å². The van der Waals surface area contributed by atoms with E-state index in [1.54, 1.807) is 0 Å². The van der Waals surface area contributed by atoms with Gasteiger partial charge < -0.3 is 79.6 Å². The van der Waals surface area contributed by atoms with Crippen LogP contribution in [0, 0.1) is 21.4 Å². The van der Waals surface area contributed by atoms with E-state index in [0.717, 1.165) is 0 Å². The predicted octanol–water partition coefficient (Wildman–Crippen LogP) is 0.997. The number of rotatable bonds is 33. The molecule has 0 radical (unpaired) electrons. The molecule has 20 nitrogen and oxygen atoms in total. The van der Waals surface area contributed by atoms with E-state index in [1.807, 2.05) is 45.2 Å². The molecule has 2 aromatic rings. The molecular formula is C36H48I6N4O16. The van der Waals surface area contributed by atoms with Crippen molar-refractivity contribution in [2.24, 2.45) is 0 Å². The lowest BCUT2D eigenvalue weighted by Gasteiger charge is -2.24. The van der Waals surface area contributed by atoms with Gasteiger partial charge in [-0.2, -0.15) is 0 Å². The van der Waals surface area contributed by atoms with Gasteiger partial charge in [-0.25, -0.2) is 0 Å². The second kappa shape index (κ2) is 34.0. The van der Waals surface area contributed by atoms with Crippen molar-refractivity contribution < 1.29 is 77.5 Å². The summed E-state index contributed by atoms with van der Waals surface area (Å²) in [6.45, 7) is -0.222. The second-order valence-electron chi connectivity index (χ2n) is 11.8. The fourth-order valence-electron chi connectivity index (χ4n) is 4.66. The number of halogens is 6. The highest BCUT2D eigenvalue weighted by atomic mass is 127. The van der Waals surface area contributed by atoms with E-state index >= 15 is 0 Å². The topological polar surface area (TPSA) is 271 Å². The molecule has 0 saturated heterocycles. The molecule has 350 valence electrons. The van der Waals surface area contributed by atoms with Crippen molar-refractivity contribution in [1.29, 1.82) is 0 Å². The molecule has 0 atom stereocenters. The number of hydrogen-bond donors (Lipinski definition) is 8. The average molecular weight is 1550 g/mol. The minimum Gasteiger partial charge on any atom is -0.481 e. The van der Waals surface area contributed by atoms with Crippen molar-refractivity contribution in [2.45, 2.75) is 0 Å². The number of benzene rings is 2. The Morgan fingerprint density at radius 3 is 0.758 bits per heavy atom. The van der Waals surface area contributed by atoms with Gasteiger partial charge in [0.2, 0.25) is 0 Å². The minimum absolute atomic E-state index is 0.131. The summed E-state index contributed by atoms with van der Waals surface area (Å²) in [6, 6.07) is 0. The molecule has 0 aliphatic heterocycles. The summed E-state index contributed by atoms with van der Waals surface area (Å²) in [5.41, 5.74) is 1.09. The van der Waals surface area contributed by atoms with Gasteiger partial charge in [0.1, 0.15) is 0 Å². The first kappa shape index (κ1) is 57.7. The summed E-state index contributed by atoms with van der Waals surface area (Å²) in [4.78, 5) is 51.5. The maximum Gasteiger partial charge on any atom is 0.258 e. The van der Waals surface area contributed by atoms with Gasteiger partial charge in [0.05, 0.1) is 101 Å². The van der Waals surface area contributed by atoms with Crippen molar-refractivity contribution in [3.63, 3.8) is 0 Å². The summed E-state index contributed by atoms with van der Waals surface area (Å²) in [6.07, 6.45) is 0. The van der Waals surface area contributed by atoms with Crippen molar-refractivity contribution >= 4 is 159 Å². The Bertz CT molecular complexity index is 1510. The third-order valence-corrected chi connectivity index (χ3v) is 13.4. The Balaban J connectivity index is 2.68. The van der Waals surface area contributed by atoms with E-state index in [0.29, 0.717) is 32.5 Å². The zero-order chi connectivity index (χ0) is 45.9. The van der Waals surface area contributed by atoms with Gasteiger partial charge in [0, 0.05) is 37.3 Å². The molecular weight excluding hydrogens is 1510 g/mol. The maximum absolute atomic E-state index is 12.9. The summed E-state index contributed by atoms with van der Waals surface area (Å²) < 4.78 is 48.7. The van der Waals surface area contributed by atoms with Crippen LogP contribution in [-0.4, -0.2) is 176 Å². The van der Waals surface area contributed by atoms with E-state index in [9.17, 15) is 19.2 Å². The molecule has 0 bridgehead atoms. The Labute approximate surface area is 440 Å². The molecule has 26 heteroatoms. The van der Waals surface area contributed by atoms with E-state index in [-0.39, 0.29) is 128 Å². The smallest absolute Gasteiger partial charge is 0.258 e. The summed E-state index contributed by atoms with van der Waals surface area (Å²) in [7, 11) is 0. The Hall–Kier alpha value is -0.420. The maximum atomic E-state index is 12.9. The van der Waals surface area contributed by atoms with Gasteiger partial charge in [-0.05, 0) is 136 Å². The molecule has 0 spiro atoms. The van der Waals surface area contributed by atoms with Crippen LogP contribution in [0.1, 0.15) is 0 Å². The summed E-state index contributed by atoms with van der Waals surface area (Å²) in [5.74, 6) is -0.731. The third kappa shape index (κ3) is 20.6. The molecule has 0 heterocycles. The highest BCUT2D eigenvalue weighted by Gasteiger charge is 2.32. The van der Waals surface area contributed by atoms with Crippen molar-refractivity contribution in [3.05, 3.63) is 21.4 Å². The van der Waals surface area contributed by atoms with Crippen molar-refractivity contribution in [1.82, 2.24) is 21.3 Å². The van der Waals surface area contributed by atoms with Crippen LogP contribution in [0.25, 0.3) is 11.1 Å². The number of aliphatic hydroxyl groups excluding tert-OH is 4. The minimum atomic E-state index is -0.448. The van der Waals surface area contributed by atoms with Crippen molar-refractivity contribution in [2.75, 3.05) is 132 Å². The third-order valence-electron chi connectivity index (χ3n) is 7.33. The average Bonchev–Trinajstić information content (AvgIpc) is 3.24. The number of carbonyl (C=O) groups excluding carboxylic acids is 4. The Kier molecular flexibility index (Phi) is 31.6. The Morgan fingerprint density at radius 1 is 0.355 bits per heavy atom. The molecule has 0 unspecified atom stereocenters. The quantitative estimate of drug-likeness (QED) is 0.0366. The summed E-state index contributed by atoms with van der Waals surface area (Å²) >= 11 is 12.5. The first-order valence-corrected chi connectivity index (χ1v) is 25.0. The Morgan fingerprint density at radius 2 is 0.565 bits per heavy atom. The molecule has 0 aromatic heterocycles. The molecule has 62 heavy (non-hydrogen) atoms. The SMILES string of the molecule is O=C(COc1c(I)c(OCC(=O)NCCOCCO)c(I)c(-c2c(I)c(OCC(=O)NCCOCCO)c(I)c(OCC(=O)NCCOCCO)c2I)c1I)NCCOCCO. The molecule has 0 aliphatic carbocycles. The number of hydrogen-bond acceptors (Lipinski definition) is 16. The lowest BCUT2D eigenvalue weighted by atomic mass is 10.0. The van der Waals surface area contributed by atoms with Crippen molar-refractivity contribution in [3.8, 4) is 34.1 Å². The first-order chi connectivity index (χ1) is 29.8. The van der Waals surface area contributed by atoms with E-state index < -0.39 is 50.1 Å². The fourth-order valence-corrected chi connectivity index (χ4v) is 13.3. The summed E-state index contributed by atoms with van der Waals surface area (Å²) in [5, 5.41) is 46.6. The number of aliphatic hydroxyl groups is 4. The van der Waals surface area contributed by atoms with Crippen LogP contribution in [-0.2, 0) is 38.1 Å². The van der Waals surface area contributed by atoms with Crippen LogP contribution in [0.2, 0.25) is 0 Å². The van der Waals surface area contributed by atoms with Crippen LogP contribution in [0.3, 0.4) is 0 Å². The molecule has 0 saturated carbocycles. The number of carbonyl (C=O) groups is 4. The normalized spacial score (nSPS) is 10.9. The monoisotopic (exact) mass is 1550 g/mol. The fraction of sp³-hybridized carbons (Fsp3) is 0.556. The number of amides is 4. The molecule has 2 aromatic carbocycles. The standard InChI is InChI=1S/C36H48I6N4O16/c37-27-25(28(38)34(60-18-22(52)44-2-10-56-14-6-48)31(41)33(27)59-17-21(51)43-1-9-55-13-5-47)26-29(39)35(61-19-23(53)45-3-11-57-15-7-49)32(42)36(30(26)40)62-20-24(54)46-4-12-58-16-8-50/h47-50H,1-20H2,(H,43,51)(H,44,52)(H,45,53)(H,46,54). The predicted molar refractivity (Wildman–Crippen MR) is 274 cm³/mol. The molecule has 2 rings (SSSR count). The van der Waals surface area contributed by atoms with Gasteiger partial charge in [-0.3, -0.25) is 19.2 Å². The zero-order valence-corrected chi connectivity index (χ0v) is 46.0. The van der Waals surface area contributed by atoms with E-state index in [1.165, 1.54) is 0 Å². The molecule has 4 amide bonds. The van der Waals surface area contributed by atoms with Gasteiger partial charge in [-0.15, -0.1) is 0 Å². The lowest BCUT2D eigenvalue weighted by Crippen LogP contribution is -2.32. The van der Waals surface area contributed by atoms with Gasteiger partial charge in [-0.1, -0.05) is 0 Å². The van der Waals surface area contributed by atoms with Crippen LogP contribution < -0.4 is 40.2 Å². The van der Waals surface area contributed by atoms with Crippen LogP contribution >= 0.6 is 136 Å². The molecule has 0 aliphatic rings.